The number of hydrogen-bond acceptors (Lipinski definition) is 3. The third-order valence-electron chi connectivity index (χ3n) is 4.87. The molecule has 1 saturated heterocycles. The summed E-state index contributed by atoms with van der Waals surface area (Å²) in [7, 11) is 1.71. The van der Waals surface area contributed by atoms with E-state index in [0.29, 0.717) is 6.54 Å². The maximum atomic E-state index is 11.5. The van der Waals surface area contributed by atoms with Crippen LogP contribution in [0.2, 0.25) is 0 Å². The summed E-state index contributed by atoms with van der Waals surface area (Å²) in [6, 6.07) is 10.3. The zero-order chi connectivity index (χ0) is 14.2. The second-order valence-electron chi connectivity index (χ2n) is 6.17. The maximum Gasteiger partial charge on any atom is 0.308 e. The Morgan fingerprint density at radius 2 is 2.10 bits per heavy atom. The van der Waals surface area contributed by atoms with E-state index in [2.05, 4.69) is 17.0 Å². The zero-order valence-corrected chi connectivity index (χ0v) is 11.8. The van der Waals surface area contributed by atoms with Crippen LogP contribution in [-0.2, 0) is 16.1 Å². The van der Waals surface area contributed by atoms with Gasteiger partial charge in [-0.1, -0.05) is 30.3 Å². The average molecular weight is 275 g/mol. The van der Waals surface area contributed by atoms with Crippen molar-refractivity contribution >= 4 is 5.97 Å². The van der Waals surface area contributed by atoms with Gasteiger partial charge in [0.1, 0.15) is 0 Å². The number of hydrogen-bond donors (Lipinski definition) is 1. The minimum Gasteiger partial charge on any atom is -0.481 e. The van der Waals surface area contributed by atoms with E-state index in [1.165, 1.54) is 5.56 Å². The summed E-state index contributed by atoms with van der Waals surface area (Å²) in [6.45, 7) is 2.36. The number of aliphatic carboxylic acids is 1. The molecule has 3 rings (SSSR count). The molecule has 20 heavy (non-hydrogen) atoms. The third-order valence-corrected chi connectivity index (χ3v) is 4.87. The number of likely N-dealkylation sites (tertiary alicyclic amines) is 1. The number of benzene rings is 1. The van der Waals surface area contributed by atoms with E-state index in [-0.39, 0.29) is 17.4 Å². The Hall–Kier alpha value is -1.39. The third kappa shape index (κ3) is 2.34. The van der Waals surface area contributed by atoms with Crippen LogP contribution in [0.3, 0.4) is 0 Å². The lowest BCUT2D eigenvalue weighted by molar-refractivity contribution is -0.152. The van der Waals surface area contributed by atoms with Crippen LogP contribution in [-0.4, -0.2) is 42.3 Å². The van der Waals surface area contributed by atoms with Gasteiger partial charge in [-0.05, 0) is 18.4 Å². The molecule has 1 saturated carbocycles. The van der Waals surface area contributed by atoms with E-state index in [4.69, 9.17) is 4.74 Å². The van der Waals surface area contributed by atoms with Gasteiger partial charge in [0.15, 0.2) is 0 Å². The molecule has 1 atom stereocenters. The first-order chi connectivity index (χ1) is 9.63. The smallest absolute Gasteiger partial charge is 0.308 e. The average Bonchev–Trinajstić information content (AvgIpc) is 2.77. The van der Waals surface area contributed by atoms with Gasteiger partial charge in [0, 0.05) is 32.2 Å². The van der Waals surface area contributed by atoms with E-state index < -0.39 is 5.97 Å². The number of carboxylic acids is 1. The van der Waals surface area contributed by atoms with Crippen molar-refractivity contribution in [3.8, 4) is 0 Å². The first-order valence-corrected chi connectivity index (χ1v) is 7.15. The minimum atomic E-state index is -0.657. The number of nitrogens with zero attached hydrogens (tertiary/aromatic N) is 1. The molecule has 0 bridgehead atoms. The Bertz CT molecular complexity index is 482. The highest BCUT2D eigenvalue weighted by Gasteiger charge is 2.57. The van der Waals surface area contributed by atoms with E-state index in [1.54, 1.807) is 7.11 Å². The topological polar surface area (TPSA) is 49.8 Å². The van der Waals surface area contributed by atoms with Gasteiger partial charge in [0.05, 0.1) is 12.0 Å². The molecule has 1 spiro atoms. The maximum absolute atomic E-state index is 11.5. The highest BCUT2D eigenvalue weighted by Crippen LogP contribution is 2.52. The summed E-state index contributed by atoms with van der Waals surface area (Å²) in [5, 5.41) is 9.49. The fraction of sp³-hybridized carbons (Fsp3) is 0.562. The molecule has 1 N–H and O–H groups in total. The lowest BCUT2D eigenvalue weighted by Crippen LogP contribution is -2.49. The standard InChI is InChI=1S/C16H21NO3/c1-20-13-7-16(8-13)11-17(10-14(16)15(18)19)9-12-5-3-2-4-6-12/h2-6,13-14H,7-11H2,1H3,(H,18,19). The minimum absolute atomic E-state index is 0.0682. The van der Waals surface area contributed by atoms with E-state index in [1.807, 2.05) is 18.2 Å². The molecule has 4 nitrogen and oxygen atoms in total. The summed E-state index contributed by atoms with van der Waals surface area (Å²) in [4.78, 5) is 13.8. The highest BCUT2D eigenvalue weighted by molar-refractivity contribution is 5.72. The Morgan fingerprint density at radius 1 is 1.40 bits per heavy atom. The summed E-state index contributed by atoms with van der Waals surface area (Å²) in [5.74, 6) is -0.910. The summed E-state index contributed by atoms with van der Waals surface area (Å²) in [6.07, 6.45) is 2.01. The van der Waals surface area contributed by atoms with Gasteiger partial charge >= 0.3 is 5.97 Å². The normalized spacial score (nSPS) is 33.2. The second kappa shape index (κ2) is 5.19. The van der Waals surface area contributed by atoms with Gasteiger partial charge in [-0.15, -0.1) is 0 Å². The monoisotopic (exact) mass is 275 g/mol. The molecule has 1 aliphatic heterocycles. The van der Waals surface area contributed by atoms with Crippen LogP contribution in [0.1, 0.15) is 18.4 Å². The van der Waals surface area contributed by atoms with Crippen LogP contribution >= 0.6 is 0 Å². The van der Waals surface area contributed by atoms with Crippen molar-refractivity contribution in [2.24, 2.45) is 11.3 Å². The largest absolute Gasteiger partial charge is 0.481 e. The van der Waals surface area contributed by atoms with Crippen molar-refractivity contribution in [2.75, 3.05) is 20.2 Å². The molecule has 108 valence electrons. The molecule has 0 radical (unpaired) electrons. The summed E-state index contributed by atoms with van der Waals surface area (Å²) in [5.41, 5.74) is 1.18. The molecule has 0 amide bonds. The molecule has 4 heteroatoms. The lowest BCUT2D eigenvalue weighted by Gasteiger charge is -2.46. The summed E-state index contributed by atoms with van der Waals surface area (Å²) >= 11 is 0. The quantitative estimate of drug-likeness (QED) is 0.913. The molecule has 2 aliphatic rings. The SMILES string of the molecule is COC1CC2(C1)CN(Cc1ccccc1)CC2C(=O)O. The molecule has 1 aromatic carbocycles. The molecule has 2 fully saturated rings. The molecule has 1 aromatic rings. The fourth-order valence-corrected chi connectivity index (χ4v) is 3.80. The van der Waals surface area contributed by atoms with Crippen molar-refractivity contribution < 1.29 is 14.6 Å². The number of rotatable bonds is 4. The first-order valence-electron chi connectivity index (χ1n) is 7.15. The van der Waals surface area contributed by atoms with E-state index in [0.717, 1.165) is 25.9 Å². The predicted octanol–water partition coefficient (Wildman–Crippen LogP) is 2.00. The van der Waals surface area contributed by atoms with Gasteiger partial charge in [0.2, 0.25) is 0 Å². The Morgan fingerprint density at radius 3 is 2.70 bits per heavy atom. The summed E-state index contributed by atoms with van der Waals surface area (Å²) < 4.78 is 5.34. The van der Waals surface area contributed by atoms with Gasteiger partial charge < -0.3 is 9.84 Å². The molecular formula is C16H21NO3. The first kappa shape index (κ1) is 13.6. The van der Waals surface area contributed by atoms with Gasteiger partial charge in [-0.3, -0.25) is 9.69 Å². The van der Waals surface area contributed by atoms with Crippen molar-refractivity contribution in [3.05, 3.63) is 35.9 Å². The van der Waals surface area contributed by atoms with E-state index in [9.17, 15) is 9.90 Å². The zero-order valence-electron chi connectivity index (χ0n) is 11.8. The highest BCUT2D eigenvalue weighted by atomic mass is 16.5. The van der Waals surface area contributed by atoms with Gasteiger partial charge in [-0.25, -0.2) is 0 Å². The van der Waals surface area contributed by atoms with Crippen molar-refractivity contribution in [1.82, 2.24) is 4.90 Å². The van der Waals surface area contributed by atoms with Gasteiger partial charge in [0.25, 0.3) is 0 Å². The van der Waals surface area contributed by atoms with Crippen LogP contribution in [0.4, 0.5) is 0 Å². The number of methoxy groups -OCH3 is 1. The van der Waals surface area contributed by atoms with Crippen LogP contribution in [0.25, 0.3) is 0 Å². The Kier molecular flexibility index (Phi) is 3.52. The van der Waals surface area contributed by atoms with Crippen LogP contribution in [0, 0.1) is 11.3 Å². The van der Waals surface area contributed by atoms with Gasteiger partial charge in [-0.2, -0.15) is 0 Å². The second-order valence-corrected chi connectivity index (χ2v) is 6.17. The predicted molar refractivity (Wildman–Crippen MR) is 75.3 cm³/mol. The van der Waals surface area contributed by atoms with Crippen molar-refractivity contribution in [2.45, 2.75) is 25.5 Å². The van der Waals surface area contributed by atoms with Crippen molar-refractivity contribution in [1.29, 1.82) is 0 Å². The number of ether oxygens (including phenoxy) is 1. The Balaban J connectivity index is 1.69. The molecule has 0 aromatic heterocycles. The number of carbonyl (C=O) groups is 1. The van der Waals surface area contributed by atoms with Crippen molar-refractivity contribution in [3.63, 3.8) is 0 Å². The van der Waals surface area contributed by atoms with Crippen LogP contribution < -0.4 is 0 Å². The van der Waals surface area contributed by atoms with E-state index >= 15 is 0 Å². The van der Waals surface area contributed by atoms with Crippen LogP contribution in [0.15, 0.2) is 30.3 Å². The molecule has 1 heterocycles. The Labute approximate surface area is 119 Å². The lowest BCUT2D eigenvalue weighted by atomic mass is 9.61. The fourth-order valence-electron chi connectivity index (χ4n) is 3.80. The molecule has 1 unspecified atom stereocenters. The molecule has 1 aliphatic carbocycles. The van der Waals surface area contributed by atoms with Crippen LogP contribution in [0.5, 0.6) is 0 Å². The number of carboxylic acid groups (broad SMARTS) is 1. The molecular weight excluding hydrogens is 254 g/mol.